The molecule has 0 aliphatic rings. The molecule has 4 heteroatoms. The third-order valence-corrected chi connectivity index (χ3v) is 2.97. The largest absolute Gasteiger partial charge is 0.497 e. The van der Waals surface area contributed by atoms with Gasteiger partial charge < -0.3 is 9.15 Å². The lowest BCUT2D eigenvalue weighted by Gasteiger charge is -2.01. The molecule has 0 aliphatic heterocycles. The molecule has 1 aromatic heterocycles. The highest BCUT2D eigenvalue weighted by Crippen LogP contribution is 2.15. The van der Waals surface area contributed by atoms with Crippen LogP contribution in [0.1, 0.15) is 22.9 Å². The zero-order valence-electron chi connectivity index (χ0n) is 11.1. The minimum atomic E-state index is 0.303. The summed E-state index contributed by atoms with van der Waals surface area (Å²) in [6.07, 6.45) is 1.90. The number of aromatic nitrogens is 1. The van der Waals surface area contributed by atoms with Gasteiger partial charge >= 0.3 is 0 Å². The van der Waals surface area contributed by atoms with Crippen LogP contribution in [0.4, 0.5) is 0 Å². The van der Waals surface area contributed by atoms with Crippen LogP contribution in [-0.4, -0.2) is 12.1 Å². The smallest absolute Gasteiger partial charge is 0.194 e. The van der Waals surface area contributed by atoms with E-state index in [0.29, 0.717) is 12.3 Å². The molecule has 0 saturated carbocycles. The van der Waals surface area contributed by atoms with Crippen LogP contribution < -0.4 is 4.74 Å². The second kappa shape index (κ2) is 6.05. The number of hydrogen-bond acceptors (Lipinski definition) is 4. The molecule has 2 rings (SSSR count). The Morgan fingerprint density at radius 3 is 2.63 bits per heavy atom. The average molecular weight is 256 g/mol. The van der Waals surface area contributed by atoms with Crippen LogP contribution in [0.25, 0.3) is 0 Å². The molecule has 2 aromatic rings. The van der Waals surface area contributed by atoms with E-state index in [1.807, 2.05) is 31.2 Å². The molecule has 0 saturated heterocycles. The molecular formula is C15H16N2O2. The Morgan fingerprint density at radius 1 is 1.26 bits per heavy atom. The quantitative estimate of drug-likeness (QED) is 0.825. The van der Waals surface area contributed by atoms with Crippen molar-refractivity contribution in [2.45, 2.75) is 26.2 Å². The van der Waals surface area contributed by atoms with Crippen LogP contribution in [0, 0.1) is 18.3 Å². The molecule has 0 unspecified atom stereocenters. The Bertz CT molecular complexity index is 579. The summed E-state index contributed by atoms with van der Waals surface area (Å²) in [7, 11) is 1.65. The first-order valence-corrected chi connectivity index (χ1v) is 6.18. The number of ether oxygens (including phenoxy) is 1. The Hall–Kier alpha value is -2.28. The predicted octanol–water partition coefficient (Wildman–Crippen LogP) is 2.84. The molecule has 0 aliphatic carbocycles. The highest BCUT2D eigenvalue weighted by Gasteiger charge is 2.09. The molecule has 0 atom stereocenters. The van der Waals surface area contributed by atoms with E-state index in [1.165, 1.54) is 5.56 Å². The number of nitriles is 1. The summed E-state index contributed by atoms with van der Waals surface area (Å²) in [6.45, 7) is 1.84. The number of oxazole rings is 1. The fourth-order valence-corrected chi connectivity index (χ4v) is 1.88. The number of aryl methyl sites for hydroxylation is 3. The predicted molar refractivity (Wildman–Crippen MR) is 71.0 cm³/mol. The number of rotatable bonds is 5. The average Bonchev–Trinajstić information content (AvgIpc) is 2.78. The van der Waals surface area contributed by atoms with Gasteiger partial charge in [0.2, 0.25) is 0 Å². The van der Waals surface area contributed by atoms with E-state index in [2.05, 4.69) is 11.1 Å². The topological polar surface area (TPSA) is 59.0 Å². The van der Waals surface area contributed by atoms with Crippen molar-refractivity contribution in [3.63, 3.8) is 0 Å². The van der Waals surface area contributed by atoms with Gasteiger partial charge in [-0.05, 0) is 31.0 Å². The first-order valence-electron chi connectivity index (χ1n) is 6.18. The summed E-state index contributed by atoms with van der Waals surface area (Å²) in [5.41, 5.74) is 1.95. The van der Waals surface area contributed by atoms with Crippen molar-refractivity contribution in [1.29, 1.82) is 5.26 Å². The van der Waals surface area contributed by atoms with Crippen LogP contribution in [0.2, 0.25) is 0 Å². The Balaban J connectivity index is 1.98. The molecule has 0 spiro atoms. The van der Waals surface area contributed by atoms with E-state index >= 15 is 0 Å². The molecule has 0 bridgehead atoms. The maximum Gasteiger partial charge on any atom is 0.194 e. The lowest BCUT2D eigenvalue weighted by Crippen LogP contribution is -1.93. The van der Waals surface area contributed by atoms with Crippen LogP contribution in [0.15, 0.2) is 28.7 Å². The van der Waals surface area contributed by atoms with Crippen molar-refractivity contribution in [3.05, 3.63) is 47.2 Å². The zero-order valence-corrected chi connectivity index (χ0v) is 11.1. The molecule has 19 heavy (non-hydrogen) atoms. The highest BCUT2D eigenvalue weighted by molar-refractivity contribution is 5.27. The number of hydrogen-bond donors (Lipinski definition) is 0. The number of nitrogens with zero attached hydrogens (tertiary/aromatic N) is 2. The Kier molecular flexibility index (Phi) is 4.19. The SMILES string of the molecule is COc1ccc(CCc2nc(CC#N)c(C)o2)cc1. The van der Waals surface area contributed by atoms with E-state index in [0.717, 1.165) is 30.0 Å². The molecule has 0 radical (unpaired) electrons. The molecule has 1 aromatic carbocycles. The van der Waals surface area contributed by atoms with Crippen LogP contribution >= 0.6 is 0 Å². The molecule has 0 N–H and O–H groups in total. The van der Waals surface area contributed by atoms with Gasteiger partial charge in [-0.25, -0.2) is 4.98 Å². The third-order valence-electron chi connectivity index (χ3n) is 2.97. The zero-order chi connectivity index (χ0) is 13.7. The van der Waals surface area contributed by atoms with Crippen molar-refractivity contribution in [1.82, 2.24) is 4.98 Å². The second-order valence-corrected chi connectivity index (χ2v) is 4.29. The minimum Gasteiger partial charge on any atom is -0.497 e. The standard InChI is InChI=1S/C15H16N2O2/c1-11-14(9-10-16)17-15(19-11)8-5-12-3-6-13(18-2)7-4-12/h3-4,6-7H,5,8-9H2,1-2H3. The van der Waals surface area contributed by atoms with Gasteiger partial charge in [0.25, 0.3) is 0 Å². The number of benzene rings is 1. The monoisotopic (exact) mass is 256 g/mol. The molecule has 0 amide bonds. The minimum absolute atomic E-state index is 0.303. The normalized spacial score (nSPS) is 10.2. The summed E-state index contributed by atoms with van der Waals surface area (Å²) in [5.74, 6) is 2.29. The molecular weight excluding hydrogens is 240 g/mol. The fraction of sp³-hybridized carbons (Fsp3) is 0.333. The summed E-state index contributed by atoms with van der Waals surface area (Å²) in [5, 5.41) is 8.67. The van der Waals surface area contributed by atoms with Gasteiger partial charge in [0, 0.05) is 6.42 Å². The van der Waals surface area contributed by atoms with E-state index < -0.39 is 0 Å². The number of methoxy groups -OCH3 is 1. The van der Waals surface area contributed by atoms with Crippen molar-refractivity contribution < 1.29 is 9.15 Å². The van der Waals surface area contributed by atoms with Crippen LogP contribution in [-0.2, 0) is 19.3 Å². The van der Waals surface area contributed by atoms with Crippen molar-refractivity contribution in [3.8, 4) is 11.8 Å². The molecule has 0 fully saturated rings. The lowest BCUT2D eigenvalue weighted by molar-refractivity contribution is 0.414. The first-order chi connectivity index (χ1) is 9.22. The Morgan fingerprint density at radius 2 is 2.00 bits per heavy atom. The van der Waals surface area contributed by atoms with Crippen molar-refractivity contribution in [2.24, 2.45) is 0 Å². The maximum absolute atomic E-state index is 8.67. The van der Waals surface area contributed by atoms with Gasteiger partial charge in [-0.3, -0.25) is 0 Å². The third kappa shape index (κ3) is 3.35. The lowest BCUT2D eigenvalue weighted by atomic mass is 10.1. The van der Waals surface area contributed by atoms with Gasteiger partial charge in [-0.2, -0.15) is 5.26 Å². The van der Waals surface area contributed by atoms with Gasteiger partial charge in [0.15, 0.2) is 5.89 Å². The molecule has 1 heterocycles. The van der Waals surface area contributed by atoms with Crippen LogP contribution in [0.3, 0.4) is 0 Å². The maximum atomic E-state index is 8.67. The fourth-order valence-electron chi connectivity index (χ4n) is 1.88. The van der Waals surface area contributed by atoms with E-state index in [4.69, 9.17) is 14.4 Å². The van der Waals surface area contributed by atoms with E-state index in [1.54, 1.807) is 7.11 Å². The van der Waals surface area contributed by atoms with Gasteiger partial charge in [-0.1, -0.05) is 12.1 Å². The van der Waals surface area contributed by atoms with Crippen molar-refractivity contribution >= 4 is 0 Å². The second-order valence-electron chi connectivity index (χ2n) is 4.29. The summed E-state index contributed by atoms with van der Waals surface area (Å²) in [6, 6.07) is 10.0. The summed E-state index contributed by atoms with van der Waals surface area (Å²) < 4.78 is 10.7. The molecule has 98 valence electrons. The first kappa shape index (κ1) is 13.2. The summed E-state index contributed by atoms with van der Waals surface area (Å²) >= 11 is 0. The van der Waals surface area contributed by atoms with Gasteiger partial charge in [0.05, 0.1) is 25.3 Å². The van der Waals surface area contributed by atoms with Crippen molar-refractivity contribution in [2.75, 3.05) is 7.11 Å². The highest BCUT2D eigenvalue weighted by atomic mass is 16.5. The summed E-state index contributed by atoms with van der Waals surface area (Å²) in [4.78, 5) is 4.33. The van der Waals surface area contributed by atoms with E-state index in [-0.39, 0.29) is 0 Å². The Labute approximate surface area is 112 Å². The molecule has 4 nitrogen and oxygen atoms in total. The van der Waals surface area contributed by atoms with Gasteiger partial charge in [-0.15, -0.1) is 0 Å². The van der Waals surface area contributed by atoms with E-state index in [9.17, 15) is 0 Å². The van der Waals surface area contributed by atoms with Gasteiger partial charge in [0.1, 0.15) is 11.5 Å². The van der Waals surface area contributed by atoms with Crippen LogP contribution in [0.5, 0.6) is 5.75 Å².